The van der Waals surface area contributed by atoms with E-state index in [4.69, 9.17) is 5.73 Å². The normalized spacial score (nSPS) is 12.1. The van der Waals surface area contributed by atoms with Crippen LogP contribution in [0, 0.1) is 0 Å². The highest BCUT2D eigenvalue weighted by atomic mass is 16.1. The third kappa shape index (κ3) is 4.54. The maximum absolute atomic E-state index is 12.2. The van der Waals surface area contributed by atoms with E-state index in [9.17, 15) is 4.79 Å². The lowest BCUT2D eigenvalue weighted by molar-refractivity contribution is 0.0977. The van der Waals surface area contributed by atoms with Gasteiger partial charge in [-0.1, -0.05) is 67.9 Å². The van der Waals surface area contributed by atoms with E-state index in [-0.39, 0.29) is 11.8 Å². The number of hydrogen-bond donors (Lipinski definition) is 1. The highest BCUT2D eigenvalue weighted by Crippen LogP contribution is 2.17. The van der Waals surface area contributed by atoms with E-state index >= 15 is 0 Å². The van der Waals surface area contributed by atoms with Crippen molar-refractivity contribution in [2.45, 2.75) is 38.6 Å². The molecule has 2 N–H and O–H groups in total. The van der Waals surface area contributed by atoms with Gasteiger partial charge in [-0.25, -0.2) is 0 Å². The number of nitrogens with two attached hydrogens (primary N) is 1. The van der Waals surface area contributed by atoms with E-state index in [1.807, 2.05) is 54.6 Å². The second-order valence-corrected chi connectivity index (χ2v) is 5.43. The zero-order valence-corrected chi connectivity index (χ0v) is 12.6. The topological polar surface area (TPSA) is 43.1 Å². The van der Waals surface area contributed by atoms with Crippen molar-refractivity contribution in [2.24, 2.45) is 5.73 Å². The molecule has 0 aliphatic heterocycles. The van der Waals surface area contributed by atoms with Gasteiger partial charge in [-0.2, -0.15) is 0 Å². The summed E-state index contributed by atoms with van der Waals surface area (Å²) in [6, 6.07) is 17.8. The minimum atomic E-state index is -0.0745. The van der Waals surface area contributed by atoms with Crippen LogP contribution in [0.3, 0.4) is 0 Å². The van der Waals surface area contributed by atoms with Gasteiger partial charge < -0.3 is 5.73 Å². The van der Waals surface area contributed by atoms with Gasteiger partial charge in [-0.3, -0.25) is 4.79 Å². The van der Waals surface area contributed by atoms with Crippen LogP contribution in [0.5, 0.6) is 0 Å². The number of hydrogen-bond acceptors (Lipinski definition) is 2. The Morgan fingerprint density at radius 1 is 1.05 bits per heavy atom. The molecule has 0 saturated carbocycles. The van der Waals surface area contributed by atoms with E-state index in [0.717, 1.165) is 24.0 Å². The average molecular weight is 281 g/mol. The molecule has 1 unspecified atom stereocenters. The van der Waals surface area contributed by atoms with Gasteiger partial charge in [0.05, 0.1) is 0 Å². The van der Waals surface area contributed by atoms with Crippen LogP contribution >= 0.6 is 0 Å². The Hall–Kier alpha value is -1.93. The first kappa shape index (κ1) is 15.5. The molecule has 0 aliphatic carbocycles. The Labute approximate surface area is 127 Å². The Morgan fingerprint density at radius 2 is 1.71 bits per heavy atom. The van der Waals surface area contributed by atoms with Crippen molar-refractivity contribution in [3.63, 3.8) is 0 Å². The molecule has 0 bridgehead atoms. The number of ketones is 1. The van der Waals surface area contributed by atoms with Crippen LogP contribution in [0.15, 0.2) is 54.6 Å². The molecule has 1 atom stereocenters. The van der Waals surface area contributed by atoms with Crippen molar-refractivity contribution in [2.75, 3.05) is 0 Å². The number of benzene rings is 2. The van der Waals surface area contributed by atoms with Crippen LogP contribution in [-0.2, 0) is 6.42 Å². The molecule has 0 amide bonds. The lowest BCUT2D eigenvalue weighted by atomic mass is 9.98. The molecule has 2 nitrogen and oxygen atoms in total. The van der Waals surface area contributed by atoms with Crippen LogP contribution in [0.4, 0.5) is 0 Å². The zero-order chi connectivity index (χ0) is 15.1. The van der Waals surface area contributed by atoms with Crippen LogP contribution in [-0.4, -0.2) is 5.78 Å². The maximum atomic E-state index is 12.2. The van der Waals surface area contributed by atoms with Gasteiger partial charge >= 0.3 is 0 Å². The molecule has 21 heavy (non-hydrogen) atoms. The van der Waals surface area contributed by atoms with Gasteiger partial charge in [0.15, 0.2) is 5.78 Å². The van der Waals surface area contributed by atoms with Crippen LogP contribution in [0.2, 0.25) is 0 Å². The lowest BCUT2D eigenvalue weighted by Gasteiger charge is -2.11. The SMILES string of the molecule is CCCc1ccc(C(=O)CCC(N)c2ccccc2)cc1. The fraction of sp³-hybridized carbons (Fsp3) is 0.316. The summed E-state index contributed by atoms with van der Waals surface area (Å²) in [7, 11) is 0. The van der Waals surface area contributed by atoms with Crippen molar-refractivity contribution >= 4 is 5.78 Å². The standard InChI is InChI=1S/C19H23NO/c1-2-6-15-9-11-17(12-10-15)19(21)14-13-18(20)16-7-4-3-5-8-16/h3-5,7-12,18H,2,6,13-14,20H2,1H3. The third-order valence-electron chi connectivity index (χ3n) is 3.72. The number of Topliss-reactive ketones (excluding diaryl/α,β-unsaturated/α-hetero) is 1. The predicted molar refractivity (Wildman–Crippen MR) is 87.4 cm³/mol. The minimum absolute atomic E-state index is 0.0745. The first-order valence-corrected chi connectivity index (χ1v) is 7.63. The van der Waals surface area contributed by atoms with Crippen LogP contribution in [0.25, 0.3) is 0 Å². The number of carbonyl (C=O) groups is 1. The molecule has 2 aromatic carbocycles. The molecule has 0 aliphatic rings. The molecule has 110 valence electrons. The highest BCUT2D eigenvalue weighted by Gasteiger charge is 2.10. The molecule has 0 fully saturated rings. The average Bonchev–Trinajstić information content (AvgIpc) is 2.54. The van der Waals surface area contributed by atoms with E-state index in [2.05, 4.69) is 6.92 Å². The minimum Gasteiger partial charge on any atom is -0.324 e. The summed E-state index contributed by atoms with van der Waals surface area (Å²) < 4.78 is 0. The second-order valence-electron chi connectivity index (χ2n) is 5.43. The summed E-state index contributed by atoms with van der Waals surface area (Å²) >= 11 is 0. The smallest absolute Gasteiger partial charge is 0.162 e. The first-order valence-electron chi connectivity index (χ1n) is 7.63. The van der Waals surface area contributed by atoms with Crippen molar-refractivity contribution in [3.05, 3.63) is 71.3 Å². The number of carbonyl (C=O) groups excluding carboxylic acids is 1. The molecule has 0 radical (unpaired) electrons. The fourth-order valence-corrected chi connectivity index (χ4v) is 2.44. The third-order valence-corrected chi connectivity index (χ3v) is 3.72. The number of aryl methyl sites for hydroxylation is 1. The molecule has 0 spiro atoms. The molecule has 0 aromatic heterocycles. The second kappa shape index (κ2) is 7.75. The maximum Gasteiger partial charge on any atom is 0.162 e. The van der Waals surface area contributed by atoms with Gasteiger partial charge in [0, 0.05) is 18.0 Å². The van der Waals surface area contributed by atoms with E-state index in [1.54, 1.807) is 0 Å². The molecule has 2 rings (SSSR count). The lowest BCUT2D eigenvalue weighted by Crippen LogP contribution is -2.12. The Kier molecular flexibility index (Phi) is 5.70. The quantitative estimate of drug-likeness (QED) is 0.769. The summed E-state index contributed by atoms with van der Waals surface area (Å²) in [5.74, 6) is 0.171. The Morgan fingerprint density at radius 3 is 2.33 bits per heavy atom. The van der Waals surface area contributed by atoms with Gasteiger partial charge in [0.1, 0.15) is 0 Å². The number of rotatable bonds is 7. The summed E-state index contributed by atoms with van der Waals surface area (Å²) in [5, 5.41) is 0. The summed E-state index contributed by atoms with van der Waals surface area (Å²) in [6.45, 7) is 2.16. The van der Waals surface area contributed by atoms with Gasteiger partial charge in [-0.15, -0.1) is 0 Å². The van der Waals surface area contributed by atoms with E-state index < -0.39 is 0 Å². The summed E-state index contributed by atoms with van der Waals surface area (Å²) in [5.41, 5.74) is 9.29. The zero-order valence-electron chi connectivity index (χ0n) is 12.6. The largest absolute Gasteiger partial charge is 0.324 e. The van der Waals surface area contributed by atoms with Crippen molar-refractivity contribution in [1.82, 2.24) is 0 Å². The molecular weight excluding hydrogens is 258 g/mol. The van der Waals surface area contributed by atoms with Crippen molar-refractivity contribution in [1.29, 1.82) is 0 Å². The first-order chi connectivity index (χ1) is 10.2. The molecular formula is C19H23NO. The van der Waals surface area contributed by atoms with Gasteiger partial charge in [0.2, 0.25) is 0 Å². The summed E-state index contributed by atoms with van der Waals surface area (Å²) in [4.78, 5) is 12.2. The van der Waals surface area contributed by atoms with E-state index in [1.165, 1.54) is 5.56 Å². The predicted octanol–water partition coefficient (Wildman–Crippen LogP) is 4.30. The van der Waals surface area contributed by atoms with E-state index in [0.29, 0.717) is 12.8 Å². The van der Waals surface area contributed by atoms with Crippen molar-refractivity contribution in [3.8, 4) is 0 Å². The molecule has 0 saturated heterocycles. The van der Waals surface area contributed by atoms with Gasteiger partial charge in [-0.05, 0) is 24.0 Å². The highest BCUT2D eigenvalue weighted by molar-refractivity contribution is 5.96. The van der Waals surface area contributed by atoms with Crippen LogP contribution in [0.1, 0.15) is 53.7 Å². The fourth-order valence-electron chi connectivity index (χ4n) is 2.44. The molecule has 2 aromatic rings. The monoisotopic (exact) mass is 281 g/mol. The Balaban J connectivity index is 1.89. The summed E-state index contributed by atoms with van der Waals surface area (Å²) in [6.07, 6.45) is 3.36. The molecule has 0 heterocycles. The van der Waals surface area contributed by atoms with Gasteiger partial charge in [0.25, 0.3) is 0 Å². The molecule has 2 heteroatoms. The van der Waals surface area contributed by atoms with Crippen LogP contribution < -0.4 is 5.73 Å². The van der Waals surface area contributed by atoms with Crippen molar-refractivity contribution < 1.29 is 4.79 Å². The Bertz CT molecular complexity index is 560.